The van der Waals surface area contributed by atoms with Gasteiger partial charge in [0, 0.05) is 17.0 Å². The largest absolute Gasteiger partial charge is 0.496 e. The van der Waals surface area contributed by atoms with E-state index in [2.05, 4.69) is 10.3 Å². The Kier molecular flexibility index (Phi) is 6.02. The lowest BCUT2D eigenvalue weighted by Crippen LogP contribution is -2.27. The highest BCUT2D eigenvalue weighted by Crippen LogP contribution is 2.28. The molecule has 2 aromatic carbocycles. The van der Waals surface area contributed by atoms with E-state index >= 15 is 0 Å². The number of carbonyl (C=O) groups excluding carboxylic acids is 1. The van der Waals surface area contributed by atoms with Crippen LogP contribution in [0.4, 0.5) is 0 Å². The maximum absolute atomic E-state index is 12.3. The molecule has 0 atom stereocenters. The van der Waals surface area contributed by atoms with Crippen molar-refractivity contribution in [2.24, 2.45) is 0 Å². The molecule has 0 aliphatic rings. The molecule has 4 nitrogen and oxygen atoms in total. The van der Waals surface area contributed by atoms with E-state index in [1.807, 2.05) is 61.5 Å². The molecule has 3 rings (SSSR count). The van der Waals surface area contributed by atoms with E-state index in [1.165, 1.54) is 0 Å². The first kappa shape index (κ1) is 18.1. The molecule has 0 bridgehead atoms. The highest BCUT2D eigenvalue weighted by molar-refractivity contribution is 7.15. The van der Waals surface area contributed by atoms with Gasteiger partial charge in [0.2, 0.25) is 5.91 Å². The Labute approximate surface area is 157 Å². The van der Waals surface area contributed by atoms with Crippen LogP contribution >= 0.6 is 11.3 Å². The Morgan fingerprint density at radius 3 is 2.62 bits per heavy atom. The topological polar surface area (TPSA) is 51.2 Å². The third-order valence-corrected chi connectivity index (χ3v) is 5.35. The molecule has 0 saturated heterocycles. The molecule has 0 radical (unpaired) electrons. The van der Waals surface area contributed by atoms with Crippen molar-refractivity contribution in [3.8, 4) is 16.3 Å². The van der Waals surface area contributed by atoms with Crippen molar-refractivity contribution >= 4 is 17.2 Å². The van der Waals surface area contributed by atoms with Gasteiger partial charge in [0.25, 0.3) is 0 Å². The van der Waals surface area contributed by atoms with Crippen LogP contribution in [0, 0.1) is 6.92 Å². The number of hydrogen-bond acceptors (Lipinski definition) is 4. The van der Waals surface area contributed by atoms with Crippen LogP contribution in [-0.2, 0) is 17.6 Å². The summed E-state index contributed by atoms with van der Waals surface area (Å²) >= 11 is 1.58. The van der Waals surface area contributed by atoms with Gasteiger partial charge >= 0.3 is 0 Å². The molecule has 1 amide bonds. The second kappa shape index (κ2) is 8.63. The fraction of sp³-hybridized carbons (Fsp3) is 0.238. The number of nitrogens with one attached hydrogen (secondary N) is 1. The van der Waals surface area contributed by atoms with Crippen molar-refractivity contribution in [2.45, 2.75) is 19.8 Å². The van der Waals surface area contributed by atoms with Crippen molar-refractivity contribution in [1.29, 1.82) is 0 Å². The standard InChI is InChI=1S/C21H22N2O2S/c1-15-19(26-21(23-15)17-9-4-3-5-10-17)14-20(24)22-13-12-16-8-6-7-11-18(16)25-2/h3-11H,12-14H2,1-2H3,(H,22,24). The minimum Gasteiger partial charge on any atom is -0.496 e. The van der Waals surface area contributed by atoms with Gasteiger partial charge in [-0.15, -0.1) is 11.3 Å². The van der Waals surface area contributed by atoms with E-state index in [4.69, 9.17) is 4.74 Å². The number of rotatable bonds is 7. The number of nitrogens with zero attached hydrogens (tertiary/aromatic N) is 1. The predicted molar refractivity (Wildman–Crippen MR) is 106 cm³/mol. The molecule has 0 aliphatic heterocycles. The predicted octanol–water partition coefficient (Wildman–Crippen LogP) is 4.03. The zero-order chi connectivity index (χ0) is 18.4. The molecule has 0 spiro atoms. The maximum Gasteiger partial charge on any atom is 0.225 e. The highest BCUT2D eigenvalue weighted by atomic mass is 32.1. The maximum atomic E-state index is 12.3. The monoisotopic (exact) mass is 366 g/mol. The van der Waals surface area contributed by atoms with Gasteiger partial charge in [0.1, 0.15) is 10.8 Å². The first-order chi connectivity index (χ1) is 12.7. The number of hydrogen-bond donors (Lipinski definition) is 1. The lowest BCUT2D eigenvalue weighted by atomic mass is 10.1. The quantitative estimate of drug-likeness (QED) is 0.687. The first-order valence-corrected chi connectivity index (χ1v) is 9.39. The van der Waals surface area contributed by atoms with E-state index < -0.39 is 0 Å². The molecular weight excluding hydrogens is 344 g/mol. The van der Waals surface area contributed by atoms with Gasteiger partial charge in [-0.3, -0.25) is 4.79 Å². The van der Waals surface area contributed by atoms with Gasteiger partial charge in [-0.25, -0.2) is 4.98 Å². The molecule has 0 unspecified atom stereocenters. The van der Waals surface area contributed by atoms with Crippen molar-refractivity contribution in [2.75, 3.05) is 13.7 Å². The van der Waals surface area contributed by atoms with Crippen molar-refractivity contribution < 1.29 is 9.53 Å². The second-order valence-corrected chi connectivity index (χ2v) is 7.07. The summed E-state index contributed by atoms with van der Waals surface area (Å²) in [6.07, 6.45) is 1.11. The molecule has 5 heteroatoms. The molecule has 1 N–H and O–H groups in total. The number of aromatic nitrogens is 1. The highest BCUT2D eigenvalue weighted by Gasteiger charge is 2.13. The Bertz CT molecular complexity index is 875. The fourth-order valence-electron chi connectivity index (χ4n) is 2.75. The van der Waals surface area contributed by atoms with E-state index in [0.29, 0.717) is 13.0 Å². The number of ether oxygens (including phenoxy) is 1. The second-order valence-electron chi connectivity index (χ2n) is 5.98. The number of carbonyl (C=O) groups is 1. The van der Waals surface area contributed by atoms with Gasteiger partial charge in [-0.05, 0) is 25.0 Å². The Morgan fingerprint density at radius 1 is 1.12 bits per heavy atom. The minimum atomic E-state index is 0.0197. The summed E-state index contributed by atoms with van der Waals surface area (Å²) in [7, 11) is 1.66. The van der Waals surface area contributed by atoms with Crippen LogP contribution in [0.25, 0.3) is 10.6 Å². The Hall–Kier alpha value is -2.66. The van der Waals surface area contributed by atoms with Gasteiger partial charge in [-0.2, -0.15) is 0 Å². The van der Waals surface area contributed by atoms with E-state index in [1.54, 1.807) is 18.4 Å². The molecule has 0 saturated carbocycles. The summed E-state index contributed by atoms with van der Waals surface area (Å²) in [5.74, 6) is 0.874. The average molecular weight is 366 g/mol. The SMILES string of the molecule is COc1ccccc1CCNC(=O)Cc1sc(-c2ccccc2)nc1C. The zero-order valence-electron chi connectivity index (χ0n) is 15.0. The van der Waals surface area contributed by atoms with Crippen LogP contribution in [-0.4, -0.2) is 24.5 Å². The van der Waals surface area contributed by atoms with Crippen LogP contribution in [0.1, 0.15) is 16.1 Å². The molecule has 0 aliphatic carbocycles. The van der Waals surface area contributed by atoms with Crippen LogP contribution < -0.4 is 10.1 Å². The smallest absolute Gasteiger partial charge is 0.225 e. The van der Waals surface area contributed by atoms with E-state index in [-0.39, 0.29) is 5.91 Å². The molecule has 1 heterocycles. The summed E-state index contributed by atoms with van der Waals surface area (Å²) in [5.41, 5.74) is 3.10. The molecule has 26 heavy (non-hydrogen) atoms. The van der Waals surface area contributed by atoms with Crippen LogP contribution in [0.5, 0.6) is 5.75 Å². The minimum absolute atomic E-state index is 0.0197. The number of methoxy groups -OCH3 is 1. The fourth-order valence-corrected chi connectivity index (χ4v) is 3.82. The van der Waals surface area contributed by atoms with E-state index in [9.17, 15) is 4.79 Å². The van der Waals surface area contributed by atoms with Gasteiger partial charge in [-0.1, -0.05) is 48.5 Å². The first-order valence-electron chi connectivity index (χ1n) is 8.57. The zero-order valence-corrected chi connectivity index (χ0v) is 15.8. The third kappa shape index (κ3) is 4.49. The third-order valence-electron chi connectivity index (χ3n) is 4.14. The summed E-state index contributed by atoms with van der Waals surface area (Å²) in [6, 6.07) is 17.9. The van der Waals surface area contributed by atoms with Crippen LogP contribution in [0.3, 0.4) is 0 Å². The number of amides is 1. The summed E-state index contributed by atoms with van der Waals surface area (Å²) in [4.78, 5) is 17.9. The lowest BCUT2D eigenvalue weighted by molar-refractivity contribution is -0.120. The van der Waals surface area contributed by atoms with Crippen molar-refractivity contribution in [3.63, 3.8) is 0 Å². The molecule has 0 fully saturated rings. The number of benzene rings is 2. The molecular formula is C21H22N2O2S. The van der Waals surface area contributed by atoms with Crippen LogP contribution in [0.15, 0.2) is 54.6 Å². The summed E-state index contributed by atoms with van der Waals surface area (Å²) < 4.78 is 5.34. The molecule has 3 aromatic rings. The summed E-state index contributed by atoms with van der Waals surface area (Å²) in [5, 5.41) is 3.95. The normalized spacial score (nSPS) is 10.5. The lowest BCUT2D eigenvalue weighted by Gasteiger charge is -2.09. The number of aryl methyl sites for hydroxylation is 1. The summed E-state index contributed by atoms with van der Waals surface area (Å²) in [6.45, 7) is 2.54. The van der Waals surface area contributed by atoms with Gasteiger partial charge in [0.05, 0.1) is 19.2 Å². The number of para-hydroxylation sites is 1. The molecule has 134 valence electrons. The van der Waals surface area contributed by atoms with Crippen molar-refractivity contribution in [1.82, 2.24) is 10.3 Å². The van der Waals surface area contributed by atoms with Gasteiger partial charge in [0.15, 0.2) is 0 Å². The molecule has 1 aromatic heterocycles. The number of thiazole rings is 1. The Balaban J connectivity index is 1.56. The van der Waals surface area contributed by atoms with E-state index in [0.717, 1.165) is 38.9 Å². The Morgan fingerprint density at radius 2 is 1.85 bits per heavy atom. The average Bonchev–Trinajstić information content (AvgIpc) is 3.03. The van der Waals surface area contributed by atoms with Crippen LogP contribution in [0.2, 0.25) is 0 Å². The van der Waals surface area contributed by atoms with Crippen molar-refractivity contribution in [3.05, 3.63) is 70.7 Å². The van der Waals surface area contributed by atoms with Gasteiger partial charge < -0.3 is 10.1 Å².